The number of nitrogens with zero attached hydrogens (tertiary/aromatic N) is 1. The number of nitrogens with one attached hydrogen (secondary N) is 1. The predicted molar refractivity (Wildman–Crippen MR) is 90.9 cm³/mol. The summed E-state index contributed by atoms with van der Waals surface area (Å²) in [5, 5.41) is 3.33. The summed E-state index contributed by atoms with van der Waals surface area (Å²) in [6.45, 7) is 13.3. The molecular formula is C18H32N2O. The molecule has 0 amide bonds. The van der Waals surface area contributed by atoms with Crippen LogP contribution in [0.3, 0.4) is 0 Å². The van der Waals surface area contributed by atoms with E-state index in [4.69, 9.17) is 0 Å². The minimum absolute atomic E-state index is 0.000746. The number of hydrogen-bond donors (Lipinski definition) is 1. The van der Waals surface area contributed by atoms with Crippen LogP contribution in [0.15, 0.2) is 16.9 Å². The lowest BCUT2D eigenvalue weighted by Crippen LogP contribution is -2.33. The summed E-state index contributed by atoms with van der Waals surface area (Å²) in [5.41, 5.74) is 2.21. The summed E-state index contributed by atoms with van der Waals surface area (Å²) in [4.78, 5) is 12.7. The quantitative estimate of drug-likeness (QED) is 0.739. The Balaban J connectivity index is 3.06. The molecule has 0 saturated carbocycles. The molecule has 1 heterocycles. The number of rotatable bonds is 8. The maximum atomic E-state index is 12.7. The first-order chi connectivity index (χ1) is 9.91. The lowest BCUT2D eigenvalue weighted by molar-refractivity contribution is 0.480. The van der Waals surface area contributed by atoms with Crippen molar-refractivity contribution in [1.82, 2.24) is 9.88 Å². The summed E-state index contributed by atoms with van der Waals surface area (Å²) < 4.78 is 2.00. The lowest BCUT2D eigenvalue weighted by Gasteiger charge is -2.25. The average Bonchev–Trinajstić information content (AvgIpc) is 2.41. The first kappa shape index (κ1) is 18.0. The van der Waals surface area contributed by atoms with Crippen molar-refractivity contribution in [3.05, 3.63) is 33.7 Å². The Morgan fingerprint density at radius 3 is 2.38 bits per heavy atom. The van der Waals surface area contributed by atoms with Crippen LogP contribution in [-0.2, 0) is 18.5 Å². The van der Waals surface area contributed by atoms with Crippen molar-refractivity contribution < 1.29 is 0 Å². The van der Waals surface area contributed by atoms with Crippen LogP contribution < -0.4 is 10.9 Å². The second-order valence-electron chi connectivity index (χ2n) is 6.83. The molecule has 0 fully saturated rings. The van der Waals surface area contributed by atoms with Crippen molar-refractivity contribution in [2.75, 3.05) is 6.54 Å². The molecule has 3 nitrogen and oxygen atoms in total. The van der Waals surface area contributed by atoms with Crippen molar-refractivity contribution in [2.24, 2.45) is 0 Å². The molecule has 1 N–H and O–H groups in total. The van der Waals surface area contributed by atoms with Gasteiger partial charge in [0, 0.05) is 29.8 Å². The van der Waals surface area contributed by atoms with Gasteiger partial charge in [0.05, 0.1) is 0 Å². The van der Waals surface area contributed by atoms with E-state index in [9.17, 15) is 4.79 Å². The van der Waals surface area contributed by atoms with Gasteiger partial charge in [0.1, 0.15) is 0 Å². The third-order valence-electron chi connectivity index (χ3n) is 3.75. The Morgan fingerprint density at radius 1 is 1.10 bits per heavy atom. The van der Waals surface area contributed by atoms with Crippen LogP contribution in [0.4, 0.5) is 0 Å². The smallest absolute Gasteiger partial charge is 0.255 e. The topological polar surface area (TPSA) is 34.0 Å². The highest BCUT2D eigenvalue weighted by molar-refractivity contribution is 5.21. The van der Waals surface area contributed by atoms with E-state index in [1.54, 1.807) is 0 Å². The molecule has 0 aliphatic heterocycles. The molecule has 1 aromatic rings. The van der Waals surface area contributed by atoms with Crippen LogP contribution in [0.2, 0.25) is 0 Å². The Morgan fingerprint density at radius 2 is 1.81 bits per heavy atom. The number of hydrogen-bond acceptors (Lipinski definition) is 2. The normalized spacial score (nSPS) is 11.9. The first-order valence-electron chi connectivity index (χ1n) is 8.35. The largest absolute Gasteiger partial charge is 0.312 e. The maximum absolute atomic E-state index is 12.7. The van der Waals surface area contributed by atoms with Crippen LogP contribution in [-0.4, -0.2) is 11.1 Å². The molecule has 0 unspecified atom stereocenters. The molecule has 0 aliphatic rings. The van der Waals surface area contributed by atoms with Crippen LogP contribution in [0, 0.1) is 0 Å². The van der Waals surface area contributed by atoms with Crippen LogP contribution in [0.1, 0.15) is 71.6 Å². The number of aromatic nitrogens is 1. The fraction of sp³-hybridized carbons (Fsp3) is 0.722. The molecule has 1 rings (SSSR count). The van der Waals surface area contributed by atoms with Crippen molar-refractivity contribution in [2.45, 2.75) is 78.8 Å². The summed E-state index contributed by atoms with van der Waals surface area (Å²) in [6.07, 6.45) is 4.52. The van der Waals surface area contributed by atoms with E-state index in [-0.39, 0.29) is 11.0 Å². The number of pyridine rings is 1. The Bertz CT molecular complexity index is 483. The van der Waals surface area contributed by atoms with Gasteiger partial charge in [-0.1, -0.05) is 53.5 Å². The summed E-state index contributed by atoms with van der Waals surface area (Å²) in [6, 6.07) is 4.14. The third kappa shape index (κ3) is 5.31. The summed E-state index contributed by atoms with van der Waals surface area (Å²) >= 11 is 0. The molecule has 0 aromatic carbocycles. The van der Waals surface area contributed by atoms with Gasteiger partial charge in [-0.2, -0.15) is 0 Å². The van der Waals surface area contributed by atoms with Crippen LogP contribution in [0.5, 0.6) is 0 Å². The fourth-order valence-corrected chi connectivity index (χ4v) is 2.55. The maximum Gasteiger partial charge on any atom is 0.255 e. The highest BCUT2D eigenvalue weighted by Crippen LogP contribution is 2.21. The molecule has 0 spiro atoms. The SMILES string of the molecule is CCCCCn1c(C(C)(C)C)ccc(CNCCC)c1=O. The van der Waals surface area contributed by atoms with Gasteiger partial charge in [0.15, 0.2) is 0 Å². The van der Waals surface area contributed by atoms with Crippen molar-refractivity contribution >= 4 is 0 Å². The first-order valence-corrected chi connectivity index (χ1v) is 8.35. The highest BCUT2D eigenvalue weighted by Gasteiger charge is 2.19. The van der Waals surface area contributed by atoms with Crippen LogP contribution in [0.25, 0.3) is 0 Å². The van der Waals surface area contributed by atoms with E-state index < -0.39 is 0 Å². The van der Waals surface area contributed by atoms with E-state index in [1.807, 2.05) is 10.6 Å². The Labute approximate surface area is 129 Å². The minimum Gasteiger partial charge on any atom is -0.312 e. The van der Waals surface area contributed by atoms with E-state index in [0.29, 0.717) is 6.54 Å². The second kappa shape index (κ2) is 8.38. The molecule has 0 radical (unpaired) electrons. The highest BCUT2D eigenvalue weighted by atomic mass is 16.1. The average molecular weight is 292 g/mol. The fourth-order valence-electron chi connectivity index (χ4n) is 2.55. The molecule has 120 valence electrons. The van der Waals surface area contributed by atoms with Gasteiger partial charge in [-0.3, -0.25) is 4.79 Å². The molecule has 3 heteroatoms. The van der Waals surface area contributed by atoms with Crippen molar-refractivity contribution in [3.8, 4) is 0 Å². The third-order valence-corrected chi connectivity index (χ3v) is 3.75. The van der Waals surface area contributed by atoms with Gasteiger partial charge in [-0.05, 0) is 25.5 Å². The van der Waals surface area contributed by atoms with Gasteiger partial charge >= 0.3 is 0 Å². The minimum atomic E-state index is 0.000746. The standard InChI is InChI=1S/C18H32N2O/c1-6-8-9-13-20-16(18(3,4)5)11-10-15(17(20)21)14-19-12-7-2/h10-11,19H,6-9,12-14H2,1-5H3. The van der Waals surface area contributed by atoms with Gasteiger partial charge < -0.3 is 9.88 Å². The van der Waals surface area contributed by atoms with Crippen LogP contribution >= 0.6 is 0 Å². The zero-order valence-electron chi connectivity index (χ0n) is 14.5. The van der Waals surface area contributed by atoms with Gasteiger partial charge in [0.2, 0.25) is 0 Å². The number of unbranched alkanes of at least 4 members (excludes halogenated alkanes) is 2. The monoisotopic (exact) mass is 292 g/mol. The van der Waals surface area contributed by atoms with Crippen molar-refractivity contribution in [3.63, 3.8) is 0 Å². The Hall–Kier alpha value is -1.09. The lowest BCUT2D eigenvalue weighted by atomic mass is 9.90. The van der Waals surface area contributed by atoms with Gasteiger partial charge in [0.25, 0.3) is 5.56 Å². The molecular weight excluding hydrogens is 260 g/mol. The van der Waals surface area contributed by atoms with E-state index >= 15 is 0 Å². The molecule has 0 saturated heterocycles. The second-order valence-corrected chi connectivity index (χ2v) is 6.83. The Kier molecular flexibility index (Phi) is 7.16. The molecule has 21 heavy (non-hydrogen) atoms. The molecule has 0 aliphatic carbocycles. The van der Waals surface area contributed by atoms with E-state index in [2.05, 4.69) is 46.0 Å². The van der Waals surface area contributed by atoms with Gasteiger partial charge in [-0.25, -0.2) is 0 Å². The molecule has 0 atom stereocenters. The van der Waals surface area contributed by atoms with Crippen molar-refractivity contribution in [1.29, 1.82) is 0 Å². The summed E-state index contributed by atoms with van der Waals surface area (Å²) in [5.74, 6) is 0. The van der Waals surface area contributed by atoms with E-state index in [0.717, 1.165) is 37.2 Å². The van der Waals surface area contributed by atoms with Gasteiger partial charge in [-0.15, -0.1) is 0 Å². The predicted octanol–water partition coefficient (Wildman–Crippen LogP) is 3.84. The zero-order valence-corrected chi connectivity index (χ0v) is 14.5. The van der Waals surface area contributed by atoms with E-state index in [1.165, 1.54) is 12.8 Å². The molecule has 1 aromatic heterocycles. The summed E-state index contributed by atoms with van der Waals surface area (Å²) in [7, 11) is 0. The molecule has 0 bridgehead atoms. The zero-order chi connectivity index (χ0) is 15.9.